The van der Waals surface area contributed by atoms with E-state index in [0.717, 1.165) is 21.8 Å². The predicted molar refractivity (Wildman–Crippen MR) is 63.5 cm³/mol. The molecule has 0 amide bonds. The van der Waals surface area contributed by atoms with Gasteiger partial charge in [-0.3, -0.25) is 0 Å². The van der Waals surface area contributed by atoms with Crippen molar-refractivity contribution in [3.05, 3.63) is 23.3 Å². The third kappa shape index (κ3) is 2.65. The highest BCUT2D eigenvalue weighted by molar-refractivity contribution is 7.98. The van der Waals surface area contributed by atoms with Crippen LogP contribution in [0.5, 0.6) is 5.75 Å². The van der Waals surface area contributed by atoms with E-state index in [1.807, 2.05) is 25.3 Å². The Balaban J connectivity index is 3.22. The molecule has 0 saturated heterocycles. The fourth-order valence-electron chi connectivity index (χ4n) is 1.46. The normalized spacial score (nSPS) is 12.6. The molecule has 4 heteroatoms. The zero-order valence-corrected chi connectivity index (χ0v) is 10.1. The molecule has 1 aromatic rings. The van der Waals surface area contributed by atoms with Gasteiger partial charge in [0, 0.05) is 10.5 Å². The first-order valence-corrected chi connectivity index (χ1v) is 5.95. The van der Waals surface area contributed by atoms with Crippen molar-refractivity contribution in [1.29, 1.82) is 0 Å². The van der Waals surface area contributed by atoms with Crippen LogP contribution in [0.4, 0.5) is 0 Å². The van der Waals surface area contributed by atoms with Gasteiger partial charge in [0.15, 0.2) is 0 Å². The largest absolute Gasteiger partial charge is 0.496 e. The molecule has 1 rings (SSSR count). The minimum absolute atomic E-state index is 0.0761. The number of aliphatic hydroxyl groups is 1. The van der Waals surface area contributed by atoms with E-state index in [4.69, 9.17) is 15.6 Å². The lowest BCUT2D eigenvalue weighted by Crippen LogP contribution is -2.15. The summed E-state index contributed by atoms with van der Waals surface area (Å²) < 4.78 is 5.25. The minimum atomic E-state index is -0.383. The van der Waals surface area contributed by atoms with Gasteiger partial charge in [-0.25, -0.2) is 0 Å². The fourth-order valence-corrected chi connectivity index (χ4v) is 2.09. The van der Waals surface area contributed by atoms with Crippen LogP contribution in [-0.4, -0.2) is 25.1 Å². The summed E-state index contributed by atoms with van der Waals surface area (Å²) >= 11 is 1.66. The second-order valence-corrected chi connectivity index (χ2v) is 4.20. The molecular formula is C11H17NO2S. The van der Waals surface area contributed by atoms with Gasteiger partial charge in [0.1, 0.15) is 5.75 Å². The maximum Gasteiger partial charge on any atom is 0.124 e. The maximum atomic E-state index is 9.05. The molecule has 0 bridgehead atoms. The molecule has 1 aromatic carbocycles. The first kappa shape index (κ1) is 12.4. The molecule has 0 radical (unpaired) electrons. The smallest absolute Gasteiger partial charge is 0.124 e. The lowest BCUT2D eigenvalue weighted by atomic mass is 10.0. The van der Waals surface area contributed by atoms with E-state index in [-0.39, 0.29) is 12.6 Å². The van der Waals surface area contributed by atoms with Crippen molar-refractivity contribution in [3.63, 3.8) is 0 Å². The van der Waals surface area contributed by atoms with E-state index < -0.39 is 0 Å². The number of thioether (sulfide) groups is 1. The van der Waals surface area contributed by atoms with Gasteiger partial charge in [-0.15, -0.1) is 11.8 Å². The maximum absolute atomic E-state index is 9.05. The van der Waals surface area contributed by atoms with Crippen LogP contribution in [0.1, 0.15) is 17.2 Å². The molecule has 0 spiro atoms. The highest BCUT2D eigenvalue weighted by Gasteiger charge is 2.13. The molecule has 3 nitrogen and oxygen atoms in total. The fraction of sp³-hybridized carbons (Fsp3) is 0.455. The number of methoxy groups -OCH3 is 1. The Morgan fingerprint density at radius 2 is 2.20 bits per heavy atom. The Bertz CT molecular complexity index is 342. The standard InChI is InChI=1S/C11H17NO2S/c1-7-4-10(14-2)8(9(12)6-13)5-11(7)15-3/h4-5,9,13H,6,12H2,1-3H3. The van der Waals surface area contributed by atoms with Crippen molar-refractivity contribution < 1.29 is 9.84 Å². The monoisotopic (exact) mass is 227 g/mol. The van der Waals surface area contributed by atoms with E-state index >= 15 is 0 Å². The van der Waals surface area contributed by atoms with Gasteiger partial charge in [-0.2, -0.15) is 0 Å². The molecule has 1 unspecified atom stereocenters. The lowest BCUT2D eigenvalue weighted by Gasteiger charge is -2.16. The van der Waals surface area contributed by atoms with Gasteiger partial charge >= 0.3 is 0 Å². The molecule has 0 aliphatic heterocycles. The Kier molecular flexibility index (Phi) is 4.45. The van der Waals surface area contributed by atoms with Gasteiger partial charge < -0.3 is 15.6 Å². The van der Waals surface area contributed by atoms with E-state index in [1.54, 1.807) is 18.9 Å². The average Bonchev–Trinajstić information content (AvgIpc) is 2.27. The van der Waals surface area contributed by atoms with Crippen LogP contribution in [0.3, 0.4) is 0 Å². The number of benzene rings is 1. The quantitative estimate of drug-likeness (QED) is 0.769. The van der Waals surface area contributed by atoms with Crippen molar-refractivity contribution in [2.24, 2.45) is 5.73 Å². The number of nitrogens with two attached hydrogens (primary N) is 1. The summed E-state index contributed by atoms with van der Waals surface area (Å²) in [5.74, 6) is 0.742. The molecule has 15 heavy (non-hydrogen) atoms. The summed E-state index contributed by atoms with van der Waals surface area (Å²) in [5, 5.41) is 9.05. The molecule has 3 N–H and O–H groups in total. The second-order valence-electron chi connectivity index (χ2n) is 3.35. The Hall–Kier alpha value is -0.710. The lowest BCUT2D eigenvalue weighted by molar-refractivity contribution is 0.264. The number of aryl methyl sites for hydroxylation is 1. The zero-order chi connectivity index (χ0) is 11.4. The molecule has 84 valence electrons. The van der Waals surface area contributed by atoms with Crippen LogP contribution in [0, 0.1) is 6.92 Å². The van der Waals surface area contributed by atoms with Crippen molar-refractivity contribution in [2.45, 2.75) is 17.9 Å². The number of rotatable bonds is 4. The van der Waals surface area contributed by atoms with E-state index in [1.165, 1.54) is 0 Å². The number of ether oxygens (including phenoxy) is 1. The topological polar surface area (TPSA) is 55.5 Å². The summed E-state index contributed by atoms with van der Waals surface area (Å²) in [6, 6.07) is 3.56. The summed E-state index contributed by atoms with van der Waals surface area (Å²) in [6.07, 6.45) is 2.02. The van der Waals surface area contributed by atoms with Gasteiger partial charge in [-0.1, -0.05) is 0 Å². The predicted octanol–water partition coefficient (Wildman–Crippen LogP) is 1.72. The molecule has 0 aromatic heterocycles. The van der Waals surface area contributed by atoms with Gasteiger partial charge in [0.2, 0.25) is 0 Å². The Morgan fingerprint density at radius 3 is 2.67 bits per heavy atom. The minimum Gasteiger partial charge on any atom is -0.496 e. The van der Waals surface area contributed by atoms with Gasteiger partial charge in [0.05, 0.1) is 19.8 Å². The summed E-state index contributed by atoms with van der Waals surface area (Å²) in [7, 11) is 1.61. The Labute approximate surface area is 94.6 Å². The van der Waals surface area contributed by atoms with Crippen molar-refractivity contribution in [2.75, 3.05) is 20.0 Å². The van der Waals surface area contributed by atoms with E-state index in [2.05, 4.69) is 0 Å². The highest BCUT2D eigenvalue weighted by Crippen LogP contribution is 2.31. The van der Waals surface area contributed by atoms with Crippen LogP contribution in [0.25, 0.3) is 0 Å². The number of hydrogen-bond acceptors (Lipinski definition) is 4. The van der Waals surface area contributed by atoms with Crippen LogP contribution in [0.15, 0.2) is 17.0 Å². The van der Waals surface area contributed by atoms with Crippen LogP contribution < -0.4 is 10.5 Å². The first-order chi connectivity index (χ1) is 7.13. The summed E-state index contributed by atoms with van der Waals surface area (Å²) in [4.78, 5) is 1.16. The zero-order valence-electron chi connectivity index (χ0n) is 9.28. The van der Waals surface area contributed by atoms with Gasteiger partial charge in [-0.05, 0) is 30.9 Å². The summed E-state index contributed by atoms with van der Waals surface area (Å²) in [6.45, 7) is 1.95. The highest BCUT2D eigenvalue weighted by atomic mass is 32.2. The first-order valence-electron chi connectivity index (χ1n) is 4.73. The molecule has 1 atom stereocenters. The Morgan fingerprint density at radius 1 is 1.53 bits per heavy atom. The molecule has 0 saturated carbocycles. The summed E-state index contributed by atoms with van der Waals surface area (Å²) in [5.41, 5.74) is 7.82. The van der Waals surface area contributed by atoms with E-state index in [0.29, 0.717) is 0 Å². The van der Waals surface area contributed by atoms with Crippen LogP contribution >= 0.6 is 11.8 Å². The molecule has 0 fully saturated rings. The third-order valence-corrected chi connectivity index (χ3v) is 3.22. The number of hydrogen-bond donors (Lipinski definition) is 2. The van der Waals surface area contributed by atoms with Crippen molar-refractivity contribution in [3.8, 4) is 5.75 Å². The second kappa shape index (κ2) is 5.39. The molecule has 0 heterocycles. The van der Waals surface area contributed by atoms with Gasteiger partial charge in [0.25, 0.3) is 0 Å². The van der Waals surface area contributed by atoms with Crippen LogP contribution in [-0.2, 0) is 0 Å². The number of aliphatic hydroxyl groups excluding tert-OH is 1. The van der Waals surface area contributed by atoms with Crippen molar-refractivity contribution in [1.82, 2.24) is 0 Å². The molecule has 0 aliphatic rings. The van der Waals surface area contributed by atoms with Crippen LogP contribution in [0.2, 0.25) is 0 Å². The average molecular weight is 227 g/mol. The third-order valence-electron chi connectivity index (χ3n) is 2.34. The SMILES string of the molecule is COc1cc(C)c(SC)cc1C(N)CO. The molecule has 0 aliphatic carbocycles. The van der Waals surface area contributed by atoms with Crippen molar-refractivity contribution >= 4 is 11.8 Å². The van der Waals surface area contributed by atoms with E-state index in [9.17, 15) is 0 Å². The molecular weight excluding hydrogens is 210 g/mol.